The van der Waals surface area contributed by atoms with E-state index >= 15 is 0 Å². The highest BCUT2D eigenvalue weighted by Gasteiger charge is 2.30. The number of carbonyl (C=O) groups is 2. The van der Waals surface area contributed by atoms with Crippen LogP contribution in [0.2, 0.25) is 0 Å². The zero-order chi connectivity index (χ0) is 20.3. The molecule has 8 heteroatoms. The second kappa shape index (κ2) is 8.24. The van der Waals surface area contributed by atoms with Crippen molar-refractivity contribution in [3.05, 3.63) is 53.6 Å². The first-order valence-corrected chi connectivity index (χ1v) is 8.64. The van der Waals surface area contributed by atoms with Crippen molar-refractivity contribution in [1.82, 2.24) is 0 Å². The fourth-order valence-corrected chi connectivity index (χ4v) is 3.05. The molecule has 3 rings (SSSR count). The molecule has 0 bridgehead atoms. The van der Waals surface area contributed by atoms with Crippen molar-refractivity contribution in [2.24, 2.45) is 0 Å². The van der Waals surface area contributed by atoms with Crippen LogP contribution >= 0.6 is 0 Å². The minimum absolute atomic E-state index is 0.0396. The second-order valence-electron chi connectivity index (χ2n) is 6.16. The third kappa shape index (κ3) is 4.05. The quantitative estimate of drug-likeness (QED) is 0.706. The lowest BCUT2D eigenvalue weighted by atomic mass is 10.2. The number of esters is 1. The molecule has 2 aromatic carbocycles. The van der Waals surface area contributed by atoms with Crippen molar-refractivity contribution in [2.75, 3.05) is 18.6 Å². The molecule has 0 aromatic heterocycles. The van der Waals surface area contributed by atoms with Gasteiger partial charge in [0.05, 0.1) is 12.7 Å². The molecule has 0 radical (unpaired) electrons. The number of carbonyl (C=O) groups excluding carboxylic acids is 2. The minimum Gasteiger partial charge on any atom is -0.493 e. The van der Waals surface area contributed by atoms with Gasteiger partial charge in [0, 0.05) is 12.2 Å². The van der Waals surface area contributed by atoms with Crippen LogP contribution in [-0.2, 0) is 16.0 Å². The van der Waals surface area contributed by atoms with Gasteiger partial charge < -0.3 is 19.1 Å². The molecule has 2 aromatic rings. The molecule has 0 fully saturated rings. The zero-order valence-corrected chi connectivity index (χ0v) is 15.4. The normalized spacial score (nSPS) is 13.8. The Morgan fingerprint density at radius 2 is 1.86 bits per heavy atom. The molecule has 0 saturated carbocycles. The summed E-state index contributed by atoms with van der Waals surface area (Å²) in [6.07, 6.45) is -0.271. The molecule has 1 atom stereocenters. The molecule has 0 unspecified atom stereocenters. The average Bonchev–Trinajstić information content (AvgIpc) is 3.11. The number of halogens is 2. The predicted octanol–water partition coefficient (Wildman–Crippen LogP) is 3.43. The van der Waals surface area contributed by atoms with E-state index in [1.165, 1.54) is 32.2 Å². The first-order chi connectivity index (χ1) is 13.4. The first kappa shape index (κ1) is 19.6. The van der Waals surface area contributed by atoms with Gasteiger partial charge in [-0.25, -0.2) is 4.79 Å². The van der Waals surface area contributed by atoms with Crippen molar-refractivity contribution in [3.8, 4) is 11.5 Å². The van der Waals surface area contributed by atoms with Crippen LogP contribution in [0.4, 0.5) is 14.5 Å². The van der Waals surface area contributed by atoms with Crippen LogP contribution in [0.5, 0.6) is 11.5 Å². The van der Waals surface area contributed by atoms with Gasteiger partial charge in [-0.15, -0.1) is 0 Å². The highest BCUT2D eigenvalue weighted by atomic mass is 19.3. The number of benzene rings is 2. The Morgan fingerprint density at radius 3 is 2.57 bits per heavy atom. The molecule has 0 N–H and O–H groups in total. The van der Waals surface area contributed by atoms with Gasteiger partial charge in [0.15, 0.2) is 17.6 Å². The first-order valence-electron chi connectivity index (χ1n) is 8.64. The van der Waals surface area contributed by atoms with E-state index in [1.807, 2.05) is 24.3 Å². The van der Waals surface area contributed by atoms with Gasteiger partial charge >= 0.3 is 12.6 Å². The van der Waals surface area contributed by atoms with Crippen LogP contribution in [0.15, 0.2) is 42.5 Å². The number of amides is 1. The Morgan fingerprint density at radius 1 is 1.11 bits per heavy atom. The Bertz CT molecular complexity index is 887. The number of rotatable bonds is 6. The van der Waals surface area contributed by atoms with Crippen molar-refractivity contribution in [3.63, 3.8) is 0 Å². The smallest absolute Gasteiger partial charge is 0.387 e. The van der Waals surface area contributed by atoms with Gasteiger partial charge in [-0.2, -0.15) is 8.78 Å². The standard InChI is InChI=1S/C20H19F2NO5/c1-12(18(24)23-10-9-13-5-3-4-6-15(13)23)27-19(25)14-7-8-16(28-20(21)22)17(11-14)26-2/h3-8,11-12,20H,9-10H2,1-2H3/t12-/m1/s1. The summed E-state index contributed by atoms with van der Waals surface area (Å²) < 4.78 is 39.4. The Hall–Kier alpha value is -3.16. The van der Waals surface area contributed by atoms with Crippen molar-refractivity contribution < 1.29 is 32.6 Å². The van der Waals surface area contributed by atoms with Crippen LogP contribution in [0.25, 0.3) is 0 Å². The highest BCUT2D eigenvalue weighted by Crippen LogP contribution is 2.30. The Kier molecular flexibility index (Phi) is 5.77. The Labute approximate surface area is 160 Å². The van der Waals surface area contributed by atoms with E-state index in [0.29, 0.717) is 6.54 Å². The van der Waals surface area contributed by atoms with E-state index < -0.39 is 18.7 Å². The molecule has 1 aliphatic rings. The maximum absolute atomic E-state index is 12.7. The summed E-state index contributed by atoms with van der Waals surface area (Å²) in [5.74, 6) is -1.34. The molecule has 0 aliphatic carbocycles. The molecule has 0 spiro atoms. The summed E-state index contributed by atoms with van der Waals surface area (Å²) in [5, 5.41) is 0. The third-order valence-electron chi connectivity index (χ3n) is 4.40. The summed E-state index contributed by atoms with van der Waals surface area (Å²) in [6.45, 7) is -1.01. The number of methoxy groups -OCH3 is 1. The van der Waals surface area contributed by atoms with Crippen LogP contribution in [-0.4, -0.2) is 38.2 Å². The topological polar surface area (TPSA) is 65.1 Å². The molecular formula is C20H19F2NO5. The largest absolute Gasteiger partial charge is 0.493 e. The number of ether oxygens (including phenoxy) is 3. The minimum atomic E-state index is -3.02. The summed E-state index contributed by atoms with van der Waals surface area (Å²) in [5.41, 5.74) is 1.93. The molecule has 6 nitrogen and oxygen atoms in total. The summed E-state index contributed by atoms with van der Waals surface area (Å²) in [4.78, 5) is 26.7. The van der Waals surface area contributed by atoms with Crippen LogP contribution in [0.1, 0.15) is 22.8 Å². The number of anilines is 1. The van der Waals surface area contributed by atoms with Crippen molar-refractivity contribution in [1.29, 1.82) is 0 Å². The maximum atomic E-state index is 12.7. The molecule has 28 heavy (non-hydrogen) atoms. The fraction of sp³-hybridized carbons (Fsp3) is 0.300. The lowest BCUT2D eigenvalue weighted by molar-refractivity contribution is -0.126. The Balaban J connectivity index is 1.70. The van der Waals surface area contributed by atoms with Crippen molar-refractivity contribution >= 4 is 17.6 Å². The number of nitrogens with zero attached hydrogens (tertiary/aromatic N) is 1. The molecule has 0 saturated heterocycles. The average molecular weight is 391 g/mol. The lowest BCUT2D eigenvalue weighted by Crippen LogP contribution is -2.39. The monoisotopic (exact) mass is 391 g/mol. The van der Waals surface area contributed by atoms with Gasteiger partial charge in [-0.1, -0.05) is 18.2 Å². The SMILES string of the molecule is COc1cc(C(=O)O[C@H](C)C(=O)N2CCc3ccccc32)ccc1OC(F)F. The van der Waals surface area contributed by atoms with Gasteiger partial charge in [0.2, 0.25) is 0 Å². The third-order valence-corrected chi connectivity index (χ3v) is 4.40. The van der Waals surface area contributed by atoms with E-state index in [-0.39, 0.29) is 23.0 Å². The van der Waals surface area contributed by atoms with E-state index in [0.717, 1.165) is 17.7 Å². The van der Waals surface area contributed by atoms with Gasteiger partial charge in [-0.05, 0) is 43.2 Å². The number of fused-ring (bicyclic) bond motifs is 1. The van der Waals surface area contributed by atoms with Gasteiger partial charge in [0.1, 0.15) is 0 Å². The number of para-hydroxylation sites is 1. The van der Waals surface area contributed by atoms with E-state index in [1.54, 1.807) is 4.90 Å². The fourth-order valence-electron chi connectivity index (χ4n) is 3.05. The zero-order valence-electron chi connectivity index (χ0n) is 15.4. The van der Waals surface area contributed by atoms with Crippen molar-refractivity contribution in [2.45, 2.75) is 26.1 Å². The summed E-state index contributed by atoms with van der Waals surface area (Å²) in [7, 11) is 1.26. The van der Waals surface area contributed by atoms with Crippen LogP contribution in [0, 0.1) is 0 Å². The van der Waals surface area contributed by atoms with Crippen LogP contribution < -0.4 is 14.4 Å². The number of hydrogen-bond donors (Lipinski definition) is 0. The van der Waals surface area contributed by atoms with E-state index in [4.69, 9.17) is 9.47 Å². The molecular weight excluding hydrogens is 372 g/mol. The maximum Gasteiger partial charge on any atom is 0.387 e. The molecule has 1 amide bonds. The molecule has 1 aliphatic heterocycles. The van der Waals surface area contributed by atoms with E-state index in [9.17, 15) is 18.4 Å². The molecule has 1 heterocycles. The lowest BCUT2D eigenvalue weighted by Gasteiger charge is -2.21. The second-order valence-corrected chi connectivity index (χ2v) is 6.16. The number of hydrogen-bond acceptors (Lipinski definition) is 5. The van der Waals surface area contributed by atoms with Gasteiger partial charge in [0.25, 0.3) is 5.91 Å². The summed E-state index contributed by atoms with van der Waals surface area (Å²) in [6, 6.07) is 11.2. The van der Waals surface area contributed by atoms with Gasteiger partial charge in [-0.3, -0.25) is 4.79 Å². The molecule has 148 valence electrons. The highest BCUT2D eigenvalue weighted by molar-refractivity contribution is 6.00. The van der Waals surface area contributed by atoms with Crippen LogP contribution in [0.3, 0.4) is 0 Å². The number of alkyl halides is 2. The van der Waals surface area contributed by atoms with E-state index in [2.05, 4.69) is 4.74 Å². The predicted molar refractivity (Wildman–Crippen MR) is 97.0 cm³/mol. The summed E-state index contributed by atoms with van der Waals surface area (Å²) >= 11 is 0.